The summed E-state index contributed by atoms with van der Waals surface area (Å²) in [6.07, 6.45) is 0. The van der Waals surface area contributed by atoms with Gasteiger partial charge in [0.2, 0.25) is 5.91 Å². The zero-order chi connectivity index (χ0) is 14.4. The van der Waals surface area contributed by atoms with E-state index in [-0.39, 0.29) is 23.3 Å². The summed E-state index contributed by atoms with van der Waals surface area (Å²) in [7, 11) is 0. The van der Waals surface area contributed by atoms with E-state index in [9.17, 15) is 4.79 Å². The molecule has 4 heteroatoms. The van der Waals surface area contributed by atoms with Crippen LogP contribution in [0.1, 0.15) is 33.3 Å². The first kappa shape index (κ1) is 13.9. The second-order valence-electron chi connectivity index (χ2n) is 5.70. The predicted molar refractivity (Wildman–Crippen MR) is 76.1 cm³/mol. The van der Waals surface area contributed by atoms with Crippen LogP contribution >= 0.6 is 11.6 Å². The minimum Gasteiger partial charge on any atom is -0.309 e. The molecule has 2 atom stereocenters. The number of nitrogens with zero attached hydrogens (tertiary/aromatic N) is 2. The molecule has 100 valence electrons. The number of nitriles is 1. The zero-order valence-electron chi connectivity index (χ0n) is 11.6. The summed E-state index contributed by atoms with van der Waals surface area (Å²) in [4.78, 5) is 14.3. The molecule has 1 aliphatic heterocycles. The molecule has 1 aliphatic rings. The number of anilines is 1. The summed E-state index contributed by atoms with van der Waals surface area (Å²) in [6, 6.07) is 7.28. The van der Waals surface area contributed by atoms with Crippen molar-refractivity contribution in [2.24, 2.45) is 11.3 Å². The van der Waals surface area contributed by atoms with Crippen molar-refractivity contribution in [2.75, 3.05) is 4.90 Å². The van der Waals surface area contributed by atoms with Crippen LogP contribution in [0.25, 0.3) is 0 Å². The summed E-state index contributed by atoms with van der Waals surface area (Å²) in [5, 5.41) is 9.28. The number of amides is 1. The van der Waals surface area contributed by atoms with E-state index in [2.05, 4.69) is 6.92 Å². The standard InChI is InChI=1S/C15H17ClN2O/c1-9-10(2)18(14(19)15(9,3)4)12-6-5-11(8-17)13(16)7-12/h5-7,9-10H,1-4H3/t9?,10-/m0/s1. The summed E-state index contributed by atoms with van der Waals surface area (Å²) >= 11 is 6.05. The van der Waals surface area contributed by atoms with Crippen LogP contribution in [0.2, 0.25) is 5.02 Å². The van der Waals surface area contributed by atoms with Crippen molar-refractivity contribution >= 4 is 23.2 Å². The molecule has 1 amide bonds. The molecule has 19 heavy (non-hydrogen) atoms. The molecular formula is C15H17ClN2O. The number of carbonyl (C=O) groups excluding carboxylic acids is 1. The molecule has 0 spiro atoms. The van der Waals surface area contributed by atoms with Crippen LogP contribution in [0.3, 0.4) is 0 Å². The highest BCUT2D eigenvalue weighted by Gasteiger charge is 2.49. The van der Waals surface area contributed by atoms with Crippen molar-refractivity contribution in [2.45, 2.75) is 33.7 Å². The van der Waals surface area contributed by atoms with E-state index in [1.165, 1.54) is 0 Å². The van der Waals surface area contributed by atoms with Gasteiger partial charge in [-0.05, 0) is 31.0 Å². The third-order valence-corrected chi connectivity index (χ3v) is 4.70. The van der Waals surface area contributed by atoms with Gasteiger partial charge in [-0.2, -0.15) is 5.26 Å². The molecular weight excluding hydrogens is 260 g/mol. The third-order valence-electron chi connectivity index (χ3n) is 4.39. The maximum absolute atomic E-state index is 12.5. The lowest BCUT2D eigenvalue weighted by Crippen LogP contribution is -2.34. The molecule has 0 N–H and O–H groups in total. The lowest BCUT2D eigenvalue weighted by molar-refractivity contribution is -0.125. The molecule has 1 heterocycles. The lowest BCUT2D eigenvalue weighted by atomic mass is 9.80. The fraction of sp³-hybridized carbons (Fsp3) is 0.467. The summed E-state index contributed by atoms with van der Waals surface area (Å²) in [5.74, 6) is 0.364. The van der Waals surface area contributed by atoms with Crippen molar-refractivity contribution < 1.29 is 4.79 Å². The van der Waals surface area contributed by atoms with Gasteiger partial charge in [0, 0.05) is 17.1 Å². The maximum atomic E-state index is 12.5. The van der Waals surface area contributed by atoms with Crippen molar-refractivity contribution in [3.63, 3.8) is 0 Å². The van der Waals surface area contributed by atoms with Gasteiger partial charge in [0.05, 0.1) is 10.6 Å². The van der Waals surface area contributed by atoms with Gasteiger partial charge < -0.3 is 4.90 Å². The average Bonchev–Trinajstić information content (AvgIpc) is 2.51. The lowest BCUT2D eigenvalue weighted by Gasteiger charge is -2.23. The van der Waals surface area contributed by atoms with E-state index in [0.717, 1.165) is 5.69 Å². The van der Waals surface area contributed by atoms with Gasteiger partial charge in [0.15, 0.2) is 0 Å². The van der Waals surface area contributed by atoms with Gasteiger partial charge in [0.1, 0.15) is 6.07 Å². The smallest absolute Gasteiger partial charge is 0.233 e. The molecule has 1 aromatic rings. The molecule has 1 unspecified atom stereocenters. The molecule has 0 saturated carbocycles. The maximum Gasteiger partial charge on any atom is 0.233 e. The molecule has 1 saturated heterocycles. The van der Waals surface area contributed by atoms with Crippen molar-refractivity contribution in [3.05, 3.63) is 28.8 Å². The summed E-state index contributed by atoms with van der Waals surface area (Å²) < 4.78 is 0. The average molecular weight is 277 g/mol. The van der Waals surface area contributed by atoms with Crippen LogP contribution < -0.4 is 4.90 Å². The quantitative estimate of drug-likeness (QED) is 0.786. The Morgan fingerprint density at radius 2 is 2.00 bits per heavy atom. The minimum absolute atomic E-state index is 0.105. The Labute approximate surface area is 118 Å². The van der Waals surface area contributed by atoms with Crippen LogP contribution in [0.4, 0.5) is 5.69 Å². The number of carbonyl (C=O) groups is 1. The first-order chi connectivity index (χ1) is 8.80. The molecule has 0 radical (unpaired) electrons. The minimum atomic E-state index is -0.375. The molecule has 0 aromatic heterocycles. The number of rotatable bonds is 1. The molecule has 1 fully saturated rings. The number of halogens is 1. The molecule has 2 rings (SSSR count). The monoisotopic (exact) mass is 276 g/mol. The Bertz CT molecular complexity index is 574. The third kappa shape index (κ3) is 2.01. The van der Waals surface area contributed by atoms with Gasteiger partial charge in [-0.25, -0.2) is 0 Å². The van der Waals surface area contributed by atoms with Crippen molar-refractivity contribution in [1.82, 2.24) is 0 Å². The van der Waals surface area contributed by atoms with Gasteiger partial charge >= 0.3 is 0 Å². The van der Waals surface area contributed by atoms with Crippen LogP contribution in [0.5, 0.6) is 0 Å². The van der Waals surface area contributed by atoms with Crippen molar-refractivity contribution in [1.29, 1.82) is 5.26 Å². The number of benzene rings is 1. The topological polar surface area (TPSA) is 44.1 Å². The van der Waals surface area contributed by atoms with Crippen LogP contribution in [0.15, 0.2) is 18.2 Å². The van der Waals surface area contributed by atoms with E-state index < -0.39 is 0 Å². The Balaban J connectivity index is 2.46. The molecule has 0 bridgehead atoms. The normalized spacial score (nSPS) is 25.5. The van der Waals surface area contributed by atoms with E-state index in [4.69, 9.17) is 16.9 Å². The highest BCUT2D eigenvalue weighted by Crippen LogP contribution is 2.43. The van der Waals surface area contributed by atoms with Crippen LogP contribution in [-0.4, -0.2) is 11.9 Å². The SMILES string of the molecule is CC1[C@H](C)N(c2ccc(C#N)c(Cl)c2)C(=O)C1(C)C. The first-order valence-corrected chi connectivity index (χ1v) is 6.71. The second-order valence-corrected chi connectivity index (χ2v) is 6.11. The van der Waals surface area contributed by atoms with Crippen LogP contribution in [-0.2, 0) is 4.79 Å². The van der Waals surface area contributed by atoms with E-state index in [1.54, 1.807) is 23.1 Å². The fourth-order valence-electron chi connectivity index (χ4n) is 2.61. The van der Waals surface area contributed by atoms with E-state index in [1.807, 2.05) is 26.8 Å². The number of hydrogen-bond acceptors (Lipinski definition) is 2. The van der Waals surface area contributed by atoms with E-state index >= 15 is 0 Å². The zero-order valence-corrected chi connectivity index (χ0v) is 12.3. The highest BCUT2D eigenvalue weighted by molar-refractivity contribution is 6.32. The molecule has 3 nitrogen and oxygen atoms in total. The number of hydrogen-bond donors (Lipinski definition) is 0. The summed E-state index contributed by atoms with van der Waals surface area (Å²) in [5.41, 5.74) is 0.815. The Morgan fingerprint density at radius 1 is 1.37 bits per heavy atom. The summed E-state index contributed by atoms with van der Waals surface area (Å²) in [6.45, 7) is 8.08. The highest BCUT2D eigenvalue weighted by atomic mass is 35.5. The predicted octanol–water partition coefficient (Wildman–Crippen LogP) is 3.61. The van der Waals surface area contributed by atoms with Gasteiger partial charge in [-0.3, -0.25) is 4.79 Å². The van der Waals surface area contributed by atoms with Gasteiger partial charge in [-0.1, -0.05) is 32.4 Å². The molecule has 1 aromatic carbocycles. The Kier molecular flexibility index (Phi) is 3.32. The molecule has 0 aliphatic carbocycles. The van der Waals surface area contributed by atoms with E-state index in [0.29, 0.717) is 10.6 Å². The second kappa shape index (κ2) is 4.54. The Morgan fingerprint density at radius 3 is 2.42 bits per heavy atom. The van der Waals surface area contributed by atoms with Crippen LogP contribution in [0, 0.1) is 22.7 Å². The largest absolute Gasteiger partial charge is 0.309 e. The first-order valence-electron chi connectivity index (χ1n) is 6.34. The fourth-order valence-corrected chi connectivity index (χ4v) is 2.83. The van der Waals surface area contributed by atoms with Gasteiger partial charge in [0.25, 0.3) is 0 Å². The Hall–Kier alpha value is -1.53. The van der Waals surface area contributed by atoms with Crippen molar-refractivity contribution in [3.8, 4) is 6.07 Å². The van der Waals surface area contributed by atoms with Gasteiger partial charge in [-0.15, -0.1) is 0 Å².